The van der Waals surface area contributed by atoms with Crippen LogP contribution in [-0.4, -0.2) is 23.3 Å². The summed E-state index contributed by atoms with van der Waals surface area (Å²) in [5.41, 5.74) is 3.36. The van der Waals surface area contributed by atoms with Crippen molar-refractivity contribution in [1.29, 1.82) is 0 Å². The van der Waals surface area contributed by atoms with E-state index in [0.29, 0.717) is 17.7 Å². The molecule has 1 N–H and O–H groups in total. The molecule has 128 valence electrons. The van der Waals surface area contributed by atoms with Crippen molar-refractivity contribution in [3.63, 3.8) is 0 Å². The minimum Gasteiger partial charge on any atom is -0.497 e. The third-order valence-electron chi connectivity index (χ3n) is 4.47. The number of hydrogen-bond donors (Lipinski definition) is 1. The lowest BCUT2D eigenvalue weighted by Gasteiger charge is -2.23. The second-order valence-electron chi connectivity index (χ2n) is 6.14. The third-order valence-corrected chi connectivity index (χ3v) is 5.22. The predicted octanol–water partition coefficient (Wildman–Crippen LogP) is 4.30. The number of aliphatic hydroxyl groups excluding tert-OH is 1. The summed E-state index contributed by atoms with van der Waals surface area (Å²) in [6.07, 6.45) is 4.89. The summed E-state index contributed by atoms with van der Waals surface area (Å²) in [7, 11) is 1.66. The quantitative estimate of drug-likeness (QED) is 0.848. The number of nitrogens with zero attached hydrogens (tertiary/aromatic N) is 1. The fourth-order valence-electron chi connectivity index (χ4n) is 2.86. The van der Waals surface area contributed by atoms with Gasteiger partial charge in [-0.2, -0.15) is 0 Å². The van der Waals surface area contributed by atoms with E-state index in [0.717, 1.165) is 36.3 Å². The Morgan fingerprint density at radius 1 is 1.33 bits per heavy atom. The number of ether oxygens (including phenoxy) is 2. The summed E-state index contributed by atoms with van der Waals surface area (Å²) < 4.78 is 10.9. The van der Waals surface area contributed by atoms with Gasteiger partial charge in [0.25, 0.3) is 5.19 Å². The molecule has 24 heavy (non-hydrogen) atoms. The minimum absolute atomic E-state index is 0.235. The van der Waals surface area contributed by atoms with E-state index in [1.54, 1.807) is 7.11 Å². The first kappa shape index (κ1) is 17.0. The molecule has 0 aliphatic heterocycles. The van der Waals surface area contributed by atoms with E-state index < -0.39 is 0 Å². The molecule has 1 heterocycles. The smallest absolute Gasteiger partial charge is 0.274 e. The zero-order valence-electron chi connectivity index (χ0n) is 14.1. The molecule has 0 saturated carbocycles. The van der Waals surface area contributed by atoms with Crippen LogP contribution in [0, 0.1) is 5.92 Å². The van der Waals surface area contributed by atoms with Crippen molar-refractivity contribution in [3.8, 4) is 10.9 Å². The Hall–Kier alpha value is -1.85. The van der Waals surface area contributed by atoms with Crippen LogP contribution in [0.5, 0.6) is 10.9 Å². The molecule has 1 aliphatic carbocycles. The van der Waals surface area contributed by atoms with Crippen LogP contribution in [0.1, 0.15) is 37.4 Å². The number of benzene rings is 1. The van der Waals surface area contributed by atoms with Crippen molar-refractivity contribution < 1.29 is 14.6 Å². The number of methoxy groups -OCH3 is 1. The Kier molecular flexibility index (Phi) is 5.53. The Morgan fingerprint density at radius 2 is 2.12 bits per heavy atom. The Labute approximate surface area is 146 Å². The number of allylic oxidation sites excluding steroid dienone is 2. The van der Waals surface area contributed by atoms with Gasteiger partial charge in [-0.1, -0.05) is 29.5 Å². The highest BCUT2D eigenvalue weighted by molar-refractivity contribution is 7.11. The van der Waals surface area contributed by atoms with Gasteiger partial charge >= 0.3 is 0 Å². The molecule has 1 aliphatic rings. The molecule has 4 nitrogen and oxygen atoms in total. The molecule has 0 bridgehead atoms. The lowest BCUT2D eigenvalue weighted by Crippen LogP contribution is -2.18. The molecule has 3 rings (SSSR count). The molecule has 0 amide bonds. The minimum atomic E-state index is -0.235. The summed E-state index contributed by atoms with van der Waals surface area (Å²) in [5, 5.41) is 12.4. The van der Waals surface area contributed by atoms with Gasteiger partial charge in [0.2, 0.25) is 0 Å². The summed E-state index contributed by atoms with van der Waals surface area (Å²) in [5.74, 6) is 1.22. The van der Waals surface area contributed by atoms with Gasteiger partial charge in [0, 0.05) is 5.38 Å². The van der Waals surface area contributed by atoms with E-state index in [4.69, 9.17) is 9.47 Å². The summed E-state index contributed by atoms with van der Waals surface area (Å²) in [4.78, 5) is 4.59. The molecule has 0 spiro atoms. The molecule has 2 aromatic rings. The fourth-order valence-corrected chi connectivity index (χ4v) is 3.56. The van der Waals surface area contributed by atoms with E-state index in [-0.39, 0.29) is 6.10 Å². The summed E-state index contributed by atoms with van der Waals surface area (Å²) in [6, 6.07) is 7.84. The zero-order chi connectivity index (χ0) is 16.9. The zero-order valence-corrected chi connectivity index (χ0v) is 14.9. The van der Waals surface area contributed by atoms with Gasteiger partial charge in [0.1, 0.15) is 12.4 Å². The SMILES string of the molecule is COc1ccc(COc2nc(C3=CCC(C(C)O)CC3)cs2)cc1. The average molecular weight is 345 g/mol. The van der Waals surface area contributed by atoms with Gasteiger partial charge in [-0.15, -0.1) is 0 Å². The van der Waals surface area contributed by atoms with Crippen LogP contribution in [0.3, 0.4) is 0 Å². The molecule has 5 heteroatoms. The first-order valence-electron chi connectivity index (χ1n) is 8.24. The second-order valence-corrected chi connectivity index (χ2v) is 6.96. The number of aliphatic hydroxyl groups is 1. The molecule has 0 fully saturated rings. The number of thiazole rings is 1. The van der Waals surface area contributed by atoms with E-state index in [1.807, 2.05) is 31.2 Å². The molecule has 2 atom stereocenters. The van der Waals surface area contributed by atoms with Crippen molar-refractivity contribution in [2.45, 2.75) is 38.9 Å². The van der Waals surface area contributed by atoms with Crippen molar-refractivity contribution in [2.24, 2.45) is 5.92 Å². The maximum absolute atomic E-state index is 9.68. The highest BCUT2D eigenvalue weighted by atomic mass is 32.1. The average Bonchev–Trinajstić information content (AvgIpc) is 3.09. The summed E-state index contributed by atoms with van der Waals surface area (Å²) >= 11 is 1.53. The van der Waals surface area contributed by atoms with Gasteiger partial charge in [-0.05, 0) is 55.4 Å². The number of hydrogen-bond acceptors (Lipinski definition) is 5. The van der Waals surface area contributed by atoms with Crippen molar-refractivity contribution >= 4 is 16.9 Å². The predicted molar refractivity (Wildman–Crippen MR) is 96.4 cm³/mol. The number of aromatic nitrogens is 1. The van der Waals surface area contributed by atoms with Crippen molar-refractivity contribution in [2.75, 3.05) is 7.11 Å². The van der Waals surface area contributed by atoms with E-state index in [1.165, 1.54) is 16.9 Å². The van der Waals surface area contributed by atoms with Crippen LogP contribution < -0.4 is 9.47 Å². The topological polar surface area (TPSA) is 51.6 Å². The normalized spacial score (nSPS) is 18.8. The molecular weight excluding hydrogens is 322 g/mol. The van der Waals surface area contributed by atoms with Crippen molar-refractivity contribution in [1.82, 2.24) is 4.98 Å². The molecule has 1 aromatic carbocycles. The lowest BCUT2D eigenvalue weighted by atomic mass is 9.85. The molecule has 1 aromatic heterocycles. The largest absolute Gasteiger partial charge is 0.497 e. The van der Waals surface area contributed by atoms with E-state index >= 15 is 0 Å². The van der Waals surface area contributed by atoms with Gasteiger partial charge in [-0.3, -0.25) is 0 Å². The molecule has 0 radical (unpaired) electrons. The first-order valence-corrected chi connectivity index (χ1v) is 9.12. The summed E-state index contributed by atoms with van der Waals surface area (Å²) in [6.45, 7) is 2.37. The highest BCUT2D eigenvalue weighted by Crippen LogP contribution is 2.33. The highest BCUT2D eigenvalue weighted by Gasteiger charge is 2.20. The first-order chi connectivity index (χ1) is 11.7. The lowest BCUT2D eigenvalue weighted by molar-refractivity contribution is 0.120. The maximum atomic E-state index is 9.68. The van der Waals surface area contributed by atoms with Crippen molar-refractivity contribution in [3.05, 3.63) is 47.0 Å². The molecule has 0 saturated heterocycles. The Bertz CT molecular complexity index is 691. The van der Waals surface area contributed by atoms with Gasteiger partial charge in [-0.25, -0.2) is 4.98 Å². The maximum Gasteiger partial charge on any atom is 0.274 e. The second kappa shape index (κ2) is 7.81. The Balaban J connectivity index is 1.57. The van der Waals surface area contributed by atoms with E-state index in [2.05, 4.69) is 16.4 Å². The molecule has 2 unspecified atom stereocenters. The van der Waals surface area contributed by atoms with Crippen LogP contribution >= 0.6 is 11.3 Å². The third kappa shape index (κ3) is 4.16. The molecular formula is C19H23NO3S. The van der Waals surface area contributed by atoms with Crippen LogP contribution in [0.4, 0.5) is 0 Å². The number of rotatable bonds is 6. The Morgan fingerprint density at radius 3 is 2.75 bits per heavy atom. The van der Waals surface area contributed by atoms with Crippen LogP contribution in [0.2, 0.25) is 0 Å². The van der Waals surface area contributed by atoms with Gasteiger partial charge in [0.15, 0.2) is 0 Å². The fraction of sp³-hybridized carbons (Fsp3) is 0.421. The van der Waals surface area contributed by atoms with Crippen LogP contribution in [0.25, 0.3) is 5.57 Å². The van der Waals surface area contributed by atoms with Gasteiger partial charge in [0.05, 0.1) is 18.9 Å². The van der Waals surface area contributed by atoms with Gasteiger partial charge < -0.3 is 14.6 Å². The van der Waals surface area contributed by atoms with E-state index in [9.17, 15) is 5.11 Å². The van der Waals surface area contributed by atoms with Crippen LogP contribution in [-0.2, 0) is 6.61 Å². The standard InChI is InChI=1S/C19H23NO3S/c1-13(21)15-5-7-16(8-6-15)18-12-24-19(20-18)23-11-14-3-9-17(22-2)10-4-14/h3-4,7,9-10,12-13,15,21H,5-6,8,11H2,1-2H3. The van der Waals surface area contributed by atoms with Crippen LogP contribution in [0.15, 0.2) is 35.7 Å². The monoisotopic (exact) mass is 345 g/mol.